The molecule has 0 radical (unpaired) electrons. The molecule has 0 aliphatic carbocycles. The maximum Gasteiger partial charge on any atom is 0.305 e. The maximum atomic E-state index is 12.8. The Morgan fingerprint density at radius 3 is 2.49 bits per heavy atom. The molecular formula is C20H25N9O6S2. The number of guanidine groups is 1. The number of nitrogens with zero attached hydrogens (tertiary/aromatic N) is 2. The number of carboxylic acids is 1. The molecule has 0 unspecified atom stereocenters. The summed E-state index contributed by atoms with van der Waals surface area (Å²) in [6.45, 7) is -0.295. The van der Waals surface area contributed by atoms with Crippen LogP contribution in [0.15, 0.2) is 10.8 Å². The lowest BCUT2D eigenvalue weighted by Gasteiger charge is -2.19. The third-order valence-electron chi connectivity index (χ3n) is 4.98. The van der Waals surface area contributed by atoms with Gasteiger partial charge in [0.2, 0.25) is 17.7 Å². The lowest BCUT2D eigenvalue weighted by molar-refractivity contribution is -0.140. The quantitative estimate of drug-likeness (QED) is 0.115. The molecule has 3 heterocycles. The fourth-order valence-electron chi connectivity index (χ4n) is 3.22. The second kappa shape index (κ2) is 12.7. The normalized spacial score (nSPS) is 18.9. The van der Waals surface area contributed by atoms with E-state index in [2.05, 4.69) is 36.6 Å². The Kier molecular flexibility index (Phi) is 9.45. The third kappa shape index (κ3) is 8.21. The van der Waals surface area contributed by atoms with E-state index in [1.54, 1.807) is 5.38 Å². The number of carbonyl (C=O) groups is 5. The standard InChI is InChI=1S/C20H25N9O6S2/c21-20(22)23-3-1-2-9-16(33)24-5-13(30)26-10(4-15(31)32)17(34)25-6-14-27-12(8-36-14)19-29-11(7-37-19)18(35)28-9/h7-10H,1-6H2,(H,24,33)(H,25,34)(H,26,30)(H,28,35)(H,31,32)(H4,21,22,23)/t9-,10-/m1/s1. The van der Waals surface area contributed by atoms with Gasteiger partial charge in [0, 0.05) is 17.3 Å². The number of carbonyl (C=O) groups excluding carboxylic acids is 4. The van der Waals surface area contributed by atoms with Gasteiger partial charge in [-0.05, 0) is 12.8 Å². The van der Waals surface area contributed by atoms with Gasteiger partial charge >= 0.3 is 5.97 Å². The summed E-state index contributed by atoms with van der Waals surface area (Å²) in [6.07, 6.45) is -0.163. The number of amides is 4. The van der Waals surface area contributed by atoms with Crippen molar-refractivity contribution in [3.05, 3.63) is 21.5 Å². The van der Waals surface area contributed by atoms with Crippen LogP contribution in [0.25, 0.3) is 10.7 Å². The van der Waals surface area contributed by atoms with Crippen molar-refractivity contribution in [3.8, 4) is 10.7 Å². The van der Waals surface area contributed by atoms with Crippen molar-refractivity contribution in [2.24, 2.45) is 5.73 Å². The molecule has 1 aliphatic heterocycles. The first-order chi connectivity index (χ1) is 17.6. The van der Waals surface area contributed by atoms with Gasteiger partial charge in [-0.15, -0.1) is 22.7 Å². The summed E-state index contributed by atoms with van der Waals surface area (Å²) in [5, 5.41) is 33.0. The van der Waals surface area contributed by atoms with Gasteiger partial charge < -0.3 is 37.4 Å². The Hall–Kier alpha value is -4.12. The van der Waals surface area contributed by atoms with Crippen LogP contribution in [0.5, 0.6) is 0 Å². The Morgan fingerprint density at radius 1 is 1.05 bits per heavy atom. The smallest absolute Gasteiger partial charge is 0.305 e. The van der Waals surface area contributed by atoms with Crippen LogP contribution in [-0.2, 0) is 25.7 Å². The zero-order chi connectivity index (χ0) is 26.9. The molecule has 17 heteroatoms. The monoisotopic (exact) mass is 551 g/mol. The third-order valence-corrected chi connectivity index (χ3v) is 6.70. The summed E-state index contributed by atoms with van der Waals surface area (Å²) in [6, 6.07) is -2.43. The molecule has 37 heavy (non-hydrogen) atoms. The number of aromatic nitrogens is 2. The predicted octanol–water partition coefficient (Wildman–Crippen LogP) is -1.67. The largest absolute Gasteiger partial charge is 0.481 e. The summed E-state index contributed by atoms with van der Waals surface area (Å²) in [7, 11) is 0. The molecular weight excluding hydrogens is 526 g/mol. The lowest BCUT2D eigenvalue weighted by atomic mass is 10.1. The van der Waals surface area contributed by atoms with Gasteiger partial charge in [-0.1, -0.05) is 0 Å². The molecule has 1 aliphatic rings. The highest BCUT2D eigenvalue weighted by atomic mass is 32.1. The van der Waals surface area contributed by atoms with Gasteiger partial charge in [0.05, 0.1) is 19.5 Å². The molecule has 0 aromatic carbocycles. The minimum atomic E-state index is -1.38. The molecule has 0 saturated heterocycles. The molecule has 2 aromatic rings. The molecule has 0 fully saturated rings. The number of thiazole rings is 2. The van der Waals surface area contributed by atoms with Crippen LogP contribution in [0.2, 0.25) is 0 Å². The van der Waals surface area contributed by atoms with E-state index >= 15 is 0 Å². The number of nitrogens with two attached hydrogens (primary N) is 1. The van der Waals surface area contributed by atoms with Crippen molar-refractivity contribution in [2.75, 3.05) is 13.1 Å². The summed E-state index contributed by atoms with van der Waals surface area (Å²) in [4.78, 5) is 70.5. The van der Waals surface area contributed by atoms with Crippen LogP contribution in [0.3, 0.4) is 0 Å². The second-order valence-electron chi connectivity index (χ2n) is 7.83. The summed E-state index contributed by atoms with van der Waals surface area (Å²) < 4.78 is 0. The number of carboxylic acid groups (broad SMARTS) is 1. The first-order valence-corrected chi connectivity index (χ1v) is 12.7. The van der Waals surface area contributed by atoms with Gasteiger partial charge in [0.25, 0.3) is 5.91 Å². The highest BCUT2D eigenvalue weighted by Gasteiger charge is 2.26. The molecule has 4 bridgehead atoms. The Labute approximate surface area is 218 Å². The van der Waals surface area contributed by atoms with E-state index in [1.165, 1.54) is 28.1 Å². The van der Waals surface area contributed by atoms with Crippen molar-refractivity contribution in [1.82, 2.24) is 36.6 Å². The van der Waals surface area contributed by atoms with Crippen LogP contribution >= 0.6 is 22.7 Å². The van der Waals surface area contributed by atoms with Gasteiger partial charge in [-0.3, -0.25) is 29.4 Å². The highest BCUT2D eigenvalue weighted by molar-refractivity contribution is 7.14. The van der Waals surface area contributed by atoms with E-state index in [1.807, 2.05) is 0 Å². The molecule has 0 saturated carbocycles. The molecule has 3 rings (SSSR count). The number of nitrogens with one attached hydrogen (secondary N) is 6. The lowest BCUT2D eigenvalue weighted by Crippen LogP contribution is -2.52. The zero-order valence-electron chi connectivity index (χ0n) is 19.3. The van der Waals surface area contributed by atoms with E-state index in [9.17, 15) is 24.0 Å². The van der Waals surface area contributed by atoms with Gasteiger partial charge in [-0.2, -0.15) is 0 Å². The van der Waals surface area contributed by atoms with Crippen LogP contribution in [0, 0.1) is 5.41 Å². The van der Waals surface area contributed by atoms with Gasteiger partial charge in [0.1, 0.15) is 33.5 Å². The van der Waals surface area contributed by atoms with Gasteiger partial charge in [0.15, 0.2) is 5.96 Å². The van der Waals surface area contributed by atoms with Crippen molar-refractivity contribution in [1.29, 1.82) is 5.41 Å². The van der Waals surface area contributed by atoms with E-state index in [-0.39, 0.29) is 31.2 Å². The Bertz CT molecular complexity index is 1200. The number of aliphatic carboxylic acids is 1. The minimum absolute atomic E-state index is 0.00882. The first-order valence-electron chi connectivity index (χ1n) is 11.0. The number of fused-ring (bicyclic) bond motifs is 5. The molecule has 2 aromatic heterocycles. The molecule has 9 N–H and O–H groups in total. The van der Waals surface area contributed by atoms with Crippen molar-refractivity contribution in [3.63, 3.8) is 0 Å². The average molecular weight is 552 g/mol. The van der Waals surface area contributed by atoms with Crippen LogP contribution in [0.1, 0.15) is 34.8 Å². The van der Waals surface area contributed by atoms with E-state index in [4.69, 9.17) is 16.2 Å². The molecule has 15 nitrogen and oxygen atoms in total. The SMILES string of the molecule is N=C(N)NCCC[C@H]1NC(=O)c2csc(n2)-c2csc(n2)CNC(=O)[C@@H](CC(=O)O)NC(=O)CNC1=O. The van der Waals surface area contributed by atoms with Crippen LogP contribution in [0.4, 0.5) is 0 Å². The number of hydrogen-bond donors (Lipinski definition) is 8. The van der Waals surface area contributed by atoms with Crippen molar-refractivity contribution < 1.29 is 29.1 Å². The summed E-state index contributed by atoms with van der Waals surface area (Å²) in [5.41, 5.74) is 5.82. The zero-order valence-corrected chi connectivity index (χ0v) is 21.0. The molecule has 0 spiro atoms. The molecule has 2 atom stereocenters. The summed E-state index contributed by atoms with van der Waals surface area (Å²) in [5.74, 6) is -4.33. The van der Waals surface area contributed by atoms with E-state index in [0.29, 0.717) is 22.1 Å². The minimum Gasteiger partial charge on any atom is -0.481 e. The molecule has 4 amide bonds. The summed E-state index contributed by atoms with van der Waals surface area (Å²) >= 11 is 2.41. The average Bonchev–Trinajstić information content (AvgIpc) is 3.51. The predicted molar refractivity (Wildman–Crippen MR) is 133 cm³/mol. The van der Waals surface area contributed by atoms with Gasteiger partial charge in [-0.25, -0.2) is 9.97 Å². The van der Waals surface area contributed by atoms with Crippen molar-refractivity contribution >= 4 is 58.2 Å². The maximum absolute atomic E-state index is 12.8. The number of rotatable bonds is 6. The van der Waals surface area contributed by atoms with Crippen LogP contribution in [-0.4, -0.2) is 75.8 Å². The highest BCUT2D eigenvalue weighted by Crippen LogP contribution is 2.25. The fraction of sp³-hybridized carbons (Fsp3) is 0.400. The second-order valence-corrected chi connectivity index (χ2v) is 9.63. The van der Waals surface area contributed by atoms with Crippen molar-refractivity contribution in [2.45, 2.75) is 37.9 Å². The van der Waals surface area contributed by atoms with E-state index < -0.39 is 54.6 Å². The number of hydrogen-bond acceptors (Lipinski definition) is 10. The first kappa shape index (κ1) is 27.5. The Morgan fingerprint density at radius 2 is 1.76 bits per heavy atom. The fourth-order valence-corrected chi connectivity index (χ4v) is 4.77. The molecule has 198 valence electrons. The topological polar surface area (TPSA) is 241 Å². The van der Waals surface area contributed by atoms with Crippen LogP contribution < -0.4 is 32.3 Å². The Balaban J connectivity index is 1.84. The van der Waals surface area contributed by atoms with E-state index in [0.717, 1.165) is 0 Å².